The number of aromatic amines is 1. The fourth-order valence-corrected chi connectivity index (χ4v) is 3.37. The molecule has 1 aromatic rings. The summed E-state index contributed by atoms with van der Waals surface area (Å²) in [6.45, 7) is 4.47. The zero-order valence-corrected chi connectivity index (χ0v) is 10.8. The first-order chi connectivity index (χ1) is 8.34. The number of nitrogens with one attached hydrogen (secondary N) is 2. The van der Waals surface area contributed by atoms with Crippen LogP contribution >= 0.6 is 0 Å². The Bertz CT molecular complexity index is 371. The summed E-state index contributed by atoms with van der Waals surface area (Å²) in [5, 5.41) is 3.49. The molecule has 1 aromatic heterocycles. The maximum Gasteiger partial charge on any atom is 0.109 e. The van der Waals surface area contributed by atoms with Crippen LogP contribution in [-0.4, -0.2) is 23.1 Å². The lowest BCUT2D eigenvalue weighted by Gasteiger charge is -2.21. The van der Waals surface area contributed by atoms with E-state index in [9.17, 15) is 0 Å². The Kier molecular flexibility index (Phi) is 3.19. The molecule has 1 atom stereocenters. The second-order valence-corrected chi connectivity index (χ2v) is 5.66. The number of aryl methyl sites for hydroxylation is 1. The zero-order valence-electron chi connectivity index (χ0n) is 10.8. The number of imidazole rings is 1. The molecule has 2 N–H and O–H groups in total. The second-order valence-electron chi connectivity index (χ2n) is 5.66. The first kappa shape index (κ1) is 11.3. The van der Waals surface area contributed by atoms with Crippen molar-refractivity contribution >= 4 is 0 Å². The molecule has 3 heteroatoms. The minimum atomic E-state index is 0.634. The zero-order chi connectivity index (χ0) is 11.7. The van der Waals surface area contributed by atoms with Crippen molar-refractivity contribution in [2.75, 3.05) is 13.1 Å². The summed E-state index contributed by atoms with van der Waals surface area (Å²) in [6.07, 6.45) is 8.00. The van der Waals surface area contributed by atoms with Crippen LogP contribution in [0, 0.1) is 6.92 Å². The highest BCUT2D eigenvalue weighted by molar-refractivity contribution is 5.20. The van der Waals surface area contributed by atoms with E-state index in [1.165, 1.54) is 62.3 Å². The van der Waals surface area contributed by atoms with Gasteiger partial charge in [0.1, 0.15) is 5.82 Å². The normalized spacial score (nSPS) is 26.5. The summed E-state index contributed by atoms with van der Waals surface area (Å²) in [7, 11) is 0. The molecule has 1 aliphatic heterocycles. The number of piperidine rings is 1. The van der Waals surface area contributed by atoms with Crippen LogP contribution in [0.25, 0.3) is 0 Å². The Morgan fingerprint density at radius 1 is 1.06 bits per heavy atom. The summed E-state index contributed by atoms with van der Waals surface area (Å²) < 4.78 is 0. The Labute approximate surface area is 103 Å². The van der Waals surface area contributed by atoms with Crippen molar-refractivity contribution in [2.45, 2.75) is 57.3 Å². The van der Waals surface area contributed by atoms with Gasteiger partial charge in [-0.05, 0) is 39.2 Å². The van der Waals surface area contributed by atoms with Crippen LogP contribution < -0.4 is 5.32 Å². The molecule has 2 aliphatic rings. The Balaban J connectivity index is 1.79. The molecule has 0 aromatic carbocycles. The van der Waals surface area contributed by atoms with Gasteiger partial charge in [-0.3, -0.25) is 0 Å². The molecule has 17 heavy (non-hydrogen) atoms. The molecule has 1 saturated heterocycles. The third kappa shape index (κ3) is 2.25. The number of hydrogen-bond acceptors (Lipinski definition) is 2. The van der Waals surface area contributed by atoms with E-state index < -0.39 is 0 Å². The van der Waals surface area contributed by atoms with Crippen molar-refractivity contribution in [2.24, 2.45) is 0 Å². The van der Waals surface area contributed by atoms with Crippen molar-refractivity contribution in [3.8, 4) is 0 Å². The molecule has 2 heterocycles. The Morgan fingerprint density at radius 2 is 1.82 bits per heavy atom. The van der Waals surface area contributed by atoms with E-state index in [1.54, 1.807) is 0 Å². The number of hydrogen-bond donors (Lipinski definition) is 2. The van der Waals surface area contributed by atoms with Crippen LogP contribution in [0.4, 0.5) is 0 Å². The molecule has 1 saturated carbocycles. The van der Waals surface area contributed by atoms with E-state index >= 15 is 0 Å². The molecule has 0 bridgehead atoms. The van der Waals surface area contributed by atoms with E-state index in [0.717, 1.165) is 6.54 Å². The summed E-state index contributed by atoms with van der Waals surface area (Å²) >= 11 is 0. The maximum absolute atomic E-state index is 4.92. The van der Waals surface area contributed by atoms with Crippen LogP contribution in [0.2, 0.25) is 0 Å². The predicted molar refractivity (Wildman–Crippen MR) is 69.4 cm³/mol. The number of aromatic nitrogens is 2. The van der Waals surface area contributed by atoms with Crippen LogP contribution in [0.5, 0.6) is 0 Å². The summed E-state index contributed by atoms with van der Waals surface area (Å²) in [4.78, 5) is 8.46. The summed E-state index contributed by atoms with van der Waals surface area (Å²) in [5.74, 6) is 2.61. The fourth-order valence-electron chi connectivity index (χ4n) is 3.37. The van der Waals surface area contributed by atoms with E-state index in [0.29, 0.717) is 11.8 Å². The molecule has 0 spiro atoms. The Morgan fingerprint density at radius 3 is 2.53 bits per heavy atom. The van der Waals surface area contributed by atoms with Gasteiger partial charge in [-0.1, -0.05) is 12.8 Å². The highest BCUT2D eigenvalue weighted by Gasteiger charge is 2.24. The molecule has 94 valence electrons. The number of rotatable bonds is 2. The molecule has 0 radical (unpaired) electrons. The number of H-pyrrole nitrogens is 1. The first-order valence-corrected chi connectivity index (χ1v) is 7.11. The van der Waals surface area contributed by atoms with Crippen LogP contribution in [-0.2, 0) is 0 Å². The second kappa shape index (κ2) is 4.81. The van der Waals surface area contributed by atoms with Crippen molar-refractivity contribution in [1.29, 1.82) is 0 Å². The average molecular weight is 233 g/mol. The molecule has 3 nitrogen and oxygen atoms in total. The molecular formula is C14H23N3. The molecule has 2 fully saturated rings. The largest absolute Gasteiger partial charge is 0.346 e. The average Bonchev–Trinajstić information content (AvgIpc) is 2.99. The quantitative estimate of drug-likeness (QED) is 0.824. The minimum absolute atomic E-state index is 0.634. The Hall–Kier alpha value is -0.830. The van der Waals surface area contributed by atoms with Gasteiger partial charge in [0.25, 0.3) is 0 Å². The lowest BCUT2D eigenvalue weighted by molar-refractivity contribution is 0.453. The van der Waals surface area contributed by atoms with E-state index in [2.05, 4.69) is 17.2 Å². The molecular weight excluding hydrogens is 210 g/mol. The van der Waals surface area contributed by atoms with Gasteiger partial charge in [-0.2, -0.15) is 0 Å². The van der Waals surface area contributed by atoms with Crippen molar-refractivity contribution in [3.05, 3.63) is 17.2 Å². The highest BCUT2D eigenvalue weighted by Crippen LogP contribution is 2.34. The van der Waals surface area contributed by atoms with Crippen molar-refractivity contribution < 1.29 is 0 Å². The van der Waals surface area contributed by atoms with E-state index in [4.69, 9.17) is 4.98 Å². The van der Waals surface area contributed by atoms with Gasteiger partial charge in [-0.15, -0.1) is 0 Å². The maximum atomic E-state index is 4.92. The van der Waals surface area contributed by atoms with E-state index in [-0.39, 0.29) is 0 Å². The summed E-state index contributed by atoms with van der Waals surface area (Å²) in [5.41, 5.74) is 2.64. The van der Waals surface area contributed by atoms with Gasteiger partial charge in [-0.25, -0.2) is 4.98 Å². The molecule has 0 amide bonds. The smallest absolute Gasteiger partial charge is 0.109 e. The van der Waals surface area contributed by atoms with Gasteiger partial charge >= 0.3 is 0 Å². The van der Waals surface area contributed by atoms with Gasteiger partial charge in [0.2, 0.25) is 0 Å². The number of nitrogens with zero attached hydrogens (tertiary/aromatic N) is 1. The third-order valence-electron chi connectivity index (χ3n) is 4.37. The lowest BCUT2D eigenvalue weighted by atomic mass is 9.95. The minimum Gasteiger partial charge on any atom is -0.346 e. The van der Waals surface area contributed by atoms with E-state index in [1.807, 2.05) is 0 Å². The van der Waals surface area contributed by atoms with Gasteiger partial charge in [0.05, 0.1) is 5.69 Å². The first-order valence-electron chi connectivity index (χ1n) is 7.11. The summed E-state index contributed by atoms with van der Waals surface area (Å²) in [6, 6.07) is 0. The molecule has 3 rings (SSSR count). The van der Waals surface area contributed by atoms with Crippen LogP contribution in [0.15, 0.2) is 0 Å². The van der Waals surface area contributed by atoms with Crippen molar-refractivity contribution in [3.63, 3.8) is 0 Å². The molecule has 1 unspecified atom stereocenters. The van der Waals surface area contributed by atoms with Crippen molar-refractivity contribution in [1.82, 2.24) is 15.3 Å². The van der Waals surface area contributed by atoms with Gasteiger partial charge < -0.3 is 10.3 Å². The predicted octanol–water partition coefficient (Wildman–Crippen LogP) is 2.84. The SMILES string of the molecule is Cc1[nH]c(C2CCCC2)nc1C1CCCNC1. The lowest BCUT2D eigenvalue weighted by Crippen LogP contribution is -2.28. The highest BCUT2D eigenvalue weighted by atomic mass is 15.0. The monoisotopic (exact) mass is 233 g/mol. The van der Waals surface area contributed by atoms with Gasteiger partial charge in [0.15, 0.2) is 0 Å². The van der Waals surface area contributed by atoms with Crippen LogP contribution in [0.1, 0.15) is 67.6 Å². The fraction of sp³-hybridized carbons (Fsp3) is 0.786. The topological polar surface area (TPSA) is 40.7 Å². The van der Waals surface area contributed by atoms with Gasteiger partial charge in [0, 0.05) is 24.1 Å². The van der Waals surface area contributed by atoms with Crippen LogP contribution in [0.3, 0.4) is 0 Å². The standard InChI is InChI=1S/C14H23N3/c1-10-13(12-7-4-8-15-9-12)17-14(16-10)11-5-2-3-6-11/h11-12,15H,2-9H2,1H3,(H,16,17). The third-order valence-corrected chi connectivity index (χ3v) is 4.37. The molecule has 1 aliphatic carbocycles.